The van der Waals surface area contributed by atoms with Gasteiger partial charge in [0, 0.05) is 17.6 Å². The van der Waals surface area contributed by atoms with E-state index >= 15 is 0 Å². The molecule has 82 valence electrons. The van der Waals surface area contributed by atoms with Crippen LogP contribution in [0.3, 0.4) is 0 Å². The summed E-state index contributed by atoms with van der Waals surface area (Å²) in [4.78, 5) is 8.16. The van der Waals surface area contributed by atoms with Crippen molar-refractivity contribution in [2.24, 2.45) is 0 Å². The molecule has 0 radical (unpaired) electrons. The molecule has 0 spiro atoms. The molecule has 0 saturated heterocycles. The molecule has 4 heteroatoms. The van der Waals surface area contributed by atoms with Crippen LogP contribution in [-0.4, -0.2) is 9.97 Å². The molecule has 1 heterocycles. The summed E-state index contributed by atoms with van der Waals surface area (Å²) in [5.74, 6) is 0. The van der Waals surface area contributed by atoms with Crippen molar-refractivity contribution < 1.29 is 4.74 Å². The van der Waals surface area contributed by atoms with Gasteiger partial charge in [-0.2, -0.15) is 0 Å². The van der Waals surface area contributed by atoms with Crippen LogP contribution in [0.4, 0.5) is 5.69 Å². The second-order valence-corrected chi connectivity index (χ2v) is 3.51. The number of aryl methyl sites for hydroxylation is 1. The van der Waals surface area contributed by atoms with Crippen LogP contribution in [0.25, 0.3) is 0 Å². The zero-order valence-corrected chi connectivity index (χ0v) is 9.05. The van der Waals surface area contributed by atoms with Crippen molar-refractivity contribution in [3.63, 3.8) is 0 Å². The van der Waals surface area contributed by atoms with Crippen molar-refractivity contribution in [2.45, 2.75) is 13.5 Å². The summed E-state index contributed by atoms with van der Waals surface area (Å²) < 4.78 is 5.45. The SMILES string of the molecule is Cc1ccnc(OCc2ccc(N)cc2)n1. The molecule has 0 aliphatic carbocycles. The van der Waals surface area contributed by atoms with Crippen LogP contribution in [0.15, 0.2) is 36.5 Å². The predicted molar refractivity (Wildman–Crippen MR) is 62.0 cm³/mol. The minimum atomic E-state index is 0.400. The maximum absolute atomic E-state index is 5.59. The number of ether oxygens (including phenoxy) is 1. The fraction of sp³-hybridized carbons (Fsp3) is 0.167. The average Bonchev–Trinajstić information content (AvgIpc) is 2.28. The number of rotatable bonds is 3. The number of nitrogens with two attached hydrogens (primary N) is 1. The summed E-state index contributed by atoms with van der Waals surface area (Å²) in [6.07, 6.45) is 1.68. The third kappa shape index (κ3) is 2.70. The molecule has 4 nitrogen and oxygen atoms in total. The summed E-state index contributed by atoms with van der Waals surface area (Å²) in [7, 11) is 0. The Morgan fingerprint density at radius 1 is 1.19 bits per heavy atom. The van der Waals surface area contributed by atoms with Crippen LogP contribution in [0.5, 0.6) is 6.01 Å². The van der Waals surface area contributed by atoms with E-state index in [-0.39, 0.29) is 0 Å². The normalized spacial score (nSPS) is 10.1. The molecule has 0 unspecified atom stereocenters. The molecule has 0 atom stereocenters. The number of anilines is 1. The number of hydrogen-bond acceptors (Lipinski definition) is 4. The van der Waals surface area contributed by atoms with E-state index < -0.39 is 0 Å². The molecule has 0 amide bonds. The average molecular weight is 215 g/mol. The molecular weight excluding hydrogens is 202 g/mol. The molecule has 2 N–H and O–H groups in total. The molecule has 0 bridgehead atoms. The Morgan fingerprint density at radius 2 is 1.94 bits per heavy atom. The number of benzene rings is 1. The third-order valence-electron chi connectivity index (χ3n) is 2.12. The number of nitrogens with zero attached hydrogens (tertiary/aromatic N) is 2. The highest BCUT2D eigenvalue weighted by molar-refractivity contribution is 5.39. The lowest BCUT2D eigenvalue weighted by Gasteiger charge is -2.04. The predicted octanol–water partition coefficient (Wildman–Crippen LogP) is 1.95. The van der Waals surface area contributed by atoms with Crippen molar-refractivity contribution in [2.75, 3.05) is 5.73 Å². The van der Waals surface area contributed by atoms with E-state index in [4.69, 9.17) is 10.5 Å². The largest absolute Gasteiger partial charge is 0.459 e. The monoisotopic (exact) mass is 215 g/mol. The molecule has 16 heavy (non-hydrogen) atoms. The number of nitrogen functional groups attached to an aromatic ring is 1. The second-order valence-electron chi connectivity index (χ2n) is 3.51. The Morgan fingerprint density at radius 3 is 2.62 bits per heavy atom. The summed E-state index contributed by atoms with van der Waals surface area (Å²) >= 11 is 0. The highest BCUT2D eigenvalue weighted by Gasteiger charge is 1.98. The zero-order valence-electron chi connectivity index (χ0n) is 9.05. The van der Waals surface area contributed by atoms with Crippen LogP contribution in [-0.2, 0) is 6.61 Å². The van der Waals surface area contributed by atoms with Gasteiger partial charge in [0.15, 0.2) is 0 Å². The Bertz CT molecular complexity index is 468. The topological polar surface area (TPSA) is 61.0 Å². The minimum absolute atomic E-state index is 0.400. The molecule has 1 aromatic carbocycles. The van der Waals surface area contributed by atoms with E-state index in [2.05, 4.69) is 9.97 Å². The highest BCUT2D eigenvalue weighted by Crippen LogP contribution is 2.09. The summed E-state index contributed by atoms with van der Waals surface area (Å²) in [5.41, 5.74) is 8.27. The van der Waals surface area contributed by atoms with E-state index in [9.17, 15) is 0 Å². The van der Waals surface area contributed by atoms with Crippen LogP contribution in [0, 0.1) is 6.92 Å². The van der Waals surface area contributed by atoms with Gasteiger partial charge in [-0.1, -0.05) is 12.1 Å². The van der Waals surface area contributed by atoms with Crippen molar-refractivity contribution in [3.05, 3.63) is 47.8 Å². The van der Waals surface area contributed by atoms with Gasteiger partial charge in [0.2, 0.25) is 0 Å². The van der Waals surface area contributed by atoms with E-state index in [0.717, 1.165) is 16.9 Å². The van der Waals surface area contributed by atoms with Gasteiger partial charge in [-0.25, -0.2) is 9.97 Å². The fourth-order valence-electron chi connectivity index (χ4n) is 1.26. The molecule has 0 aliphatic rings. The lowest BCUT2D eigenvalue weighted by atomic mass is 10.2. The number of aromatic nitrogens is 2. The molecule has 0 fully saturated rings. The molecule has 2 rings (SSSR count). The van der Waals surface area contributed by atoms with Gasteiger partial charge in [-0.3, -0.25) is 0 Å². The van der Waals surface area contributed by atoms with Crippen LogP contribution >= 0.6 is 0 Å². The van der Waals surface area contributed by atoms with Gasteiger partial charge in [-0.05, 0) is 30.7 Å². The molecule has 2 aromatic rings. The first-order valence-corrected chi connectivity index (χ1v) is 5.01. The highest BCUT2D eigenvalue weighted by atomic mass is 16.5. The first-order chi connectivity index (χ1) is 7.74. The minimum Gasteiger partial charge on any atom is -0.459 e. The van der Waals surface area contributed by atoms with Crippen molar-refractivity contribution in [1.29, 1.82) is 0 Å². The zero-order chi connectivity index (χ0) is 11.4. The lowest BCUT2D eigenvalue weighted by Crippen LogP contribution is -2.00. The summed E-state index contributed by atoms with van der Waals surface area (Å²) in [5, 5.41) is 0. The molecule has 0 aliphatic heterocycles. The number of hydrogen-bond donors (Lipinski definition) is 1. The molecule has 0 saturated carbocycles. The quantitative estimate of drug-likeness (QED) is 0.795. The second kappa shape index (κ2) is 4.61. The Labute approximate surface area is 94.1 Å². The van der Waals surface area contributed by atoms with E-state index in [1.54, 1.807) is 6.20 Å². The van der Waals surface area contributed by atoms with E-state index in [1.165, 1.54) is 0 Å². The third-order valence-corrected chi connectivity index (χ3v) is 2.12. The molecule has 1 aromatic heterocycles. The first kappa shape index (κ1) is 10.4. The maximum Gasteiger partial charge on any atom is 0.316 e. The van der Waals surface area contributed by atoms with Crippen molar-refractivity contribution in [1.82, 2.24) is 9.97 Å². The summed E-state index contributed by atoms with van der Waals surface area (Å²) in [6, 6.07) is 9.76. The molecular formula is C12H13N3O. The Hall–Kier alpha value is -2.10. The van der Waals surface area contributed by atoms with Crippen molar-refractivity contribution in [3.8, 4) is 6.01 Å². The van der Waals surface area contributed by atoms with Gasteiger partial charge in [0.25, 0.3) is 0 Å². The van der Waals surface area contributed by atoms with Gasteiger partial charge < -0.3 is 10.5 Å². The summed E-state index contributed by atoms with van der Waals surface area (Å²) in [6.45, 7) is 2.35. The van der Waals surface area contributed by atoms with Gasteiger partial charge in [-0.15, -0.1) is 0 Å². The van der Waals surface area contributed by atoms with Gasteiger partial charge >= 0.3 is 6.01 Å². The van der Waals surface area contributed by atoms with E-state index in [1.807, 2.05) is 37.3 Å². The van der Waals surface area contributed by atoms with Crippen LogP contribution in [0.1, 0.15) is 11.3 Å². The fourth-order valence-corrected chi connectivity index (χ4v) is 1.26. The Balaban J connectivity index is 1.99. The lowest BCUT2D eigenvalue weighted by molar-refractivity contribution is 0.280. The van der Waals surface area contributed by atoms with Crippen LogP contribution < -0.4 is 10.5 Å². The smallest absolute Gasteiger partial charge is 0.316 e. The van der Waals surface area contributed by atoms with Gasteiger partial charge in [0.1, 0.15) is 6.61 Å². The Kier molecular flexibility index (Phi) is 3.00. The van der Waals surface area contributed by atoms with Crippen molar-refractivity contribution >= 4 is 5.69 Å². The van der Waals surface area contributed by atoms with E-state index in [0.29, 0.717) is 12.6 Å². The standard InChI is InChI=1S/C12H13N3O/c1-9-6-7-14-12(15-9)16-8-10-2-4-11(13)5-3-10/h2-7H,8,13H2,1H3. The maximum atomic E-state index is 5.59. The van der Waals surface area contributed by atoms with Gasteiger partial charge in [0.05, 0.1) is 0 Å². The van der Waals surface area contributed by atoms with Crippen LogP contribution in [0.2, 0.25) is 0 Å². The first-order valence-electron chi connectivity index (χ1n) is 5.01.